The molecule has 1 aromatic carbocycles. The van der Waals surface area contributed by atoms with Gasteiger partial charge in [-0.2, -0.15) is 0 Å². The molecule has 0 spiro atoms. The molecular weight excluding hydrogens is 476 g/mol. The predicted octanol–water partition coefficient (Wildman–Crippen LogP) is 7.35. The first-order valence-electron chi connectivity index (χ1n) is 13.0. The number of aliphatic hydroxyl groups excluding tert-OH is 1. The van der Waals surface area contributed by atoms with Crippen molar-refractivity contribution in [2.45, 2.75) is 108 Å². The van der Waals surface area contributed by atoms with Crippen LogP contribution in [0.4, 0.5) is 0 Å². The number of halogens is 1. The third-order valence-corrected chi connectivity index (χ3v) is 13.1. The molecular formula is C29H47ClO4Si. The van der Waals surface area contributed by atoms with E-state index in [-0.39, 0.29) is 46.3 Å². The maximum Gasteiger partial charge on any atom is 0.305 e. The Labute approximate surface area is 219 Å². The number of allylic oxidation sites excluding steroid dienone is 2. The molecule has 1 unspecified atom stereocenters. The van der Waals surface area contributed by atoms with E-state index in [1.165, 1.54) is 12.7 Å². The summed E-state index contributed by atoms with van der Waals surface area (Å²) >= 11 is 6.99. The van der Waals surface area contributed by atoms with Gasteiger partial charge in [-0.1, -0.05) is 71.0 Å². The molecule has 0 heterocycles. The summed E-state index contributed by atoms with van der Waals surface area (Å²) in [5, 5.41) is 9.96. The topological polar surface area (TPSA) is 55.8 Å². The van der Waals surface area contributed by atoms with E-state index in [0.29, 0.717) is 6.42 Å². The van der Waals surface area contributed by atoms with Crippen LogP contribution in [0.25, 0.3) is 0 Å². The van der Waals surface area contributed by atoms with E-state index >= 15 is 0 Å². The number of carbonyl (C=O) groups excluding carboxylic acids is 1. The number of ether oxygens (including phenoxy) is 1. The van der Waals surface area contributed by atoms with Crippen LogP contribution in [0.1, 0.15) is 83.8 Å². The Morgan fingerprint density at radius 2 is 1.77 bits per heavy atom. The third-order valence-electron chi connectivity index (χ3n) is 8.06. The van der Waals surface area contributed by atoms with Gasteiger partial charge in [0, 0.05) is 23.1 Å². The summed E-state index contributed by atoms with van der Waals surface area (Å²) in [6, 6.07) is 8.72. The average Bonchev–Trinajstić information content (AvgIpc) is 3.09. The highest BCUT2D eigenvalue weighted by atomic mass is 35.5. The van der Waals surface area contributed by atoms with E-state index in [0.717, 1.165) is 31.2 Å². The van der Waals surface area contributed by atoms with Crippen LogP contribution in [0, 0.1) is 5.92 Å². The third kappa shape index (κ3) is 7.92. The number of esters is 1. The fraction of sp³-hybridized carbons (Fsp3) is 0.690. The van der Waals surface area contributed by atoms with Crippen LogP contribution in [-0.4, -0.2) is 44.6 Å². The minimum atomic E-state index is -1.97. The molecule has 0 saturated heterocycles. The van der Waals surface area contributed by atoms with Gasteiger partial charge >= 0.3 is 5.97 Å². The first kappa shape index (κ1) is 30.1. The van der Waals surface area contributed by atoms with Gasteiger partial charge in [0.05, 0.1) is 19.8 Å². The van der Waals surface area contributed by atoms with E-state index in [4.69, 9.17) is 20.8 Å². The smallest absolute Gasteiger partial charge is 0.305 e. The monoisotopic (exact) mass is 522 g/mol. The molecule has 6 heteroatoms. The fourth-order valence-corrected chi connectivity index (χ4v) is 6.35. The highest BCUT2D eigenvalue weighted by molar-refractivity contribution is 6.74. The molecule has 1 aliphatic carbocycles. The normalized spacial score (nSPS) is 23.7. The molecule has 0 bridgehead atoms. The van der Waals surface area contributed by atoms with Crippen LogP contribution < -0.4 is 0 Å². The molecule has 0 aliphatic heterocycles. The predicted molar refractivity (Wildman–Crippen MR) is 149 cm³/mol. The molecule has 1 aliphatic rings. The summed E-state index contributed by atoms with van der Waals surface area (Å²) in [5.74, 6) is 0.339. The highest BCUT2D eigenvalue weighted by Crippen LogP contribution is 2.49. The second-order valence-electron chi connectivity index (χ2n) is 12.2. The summed E-state index contributed by atoms with van der Waals surface area (Å²) < 4.78 is 11.7. The van der Waals surface area contributed by atoms with Crippen molar-refractivity contribution in [1.82, 2.24) is 0 Å². The highest BCUT2D eigenvalue weighted by Gasteiger charge is 2.48. The maximum atomic E-state index is 11.3. The van der Waals surface area contributed by atoms with Crippen LogP contribution in [0.15, 0.2) is 36.4 Å². The maximum absolute atomic E-state index is 11.3. The minimum absolute atomic E-state index is 0.0445. The lowest BCUT2D eigenvalue weighted by Gasteiger charge is -2.40. The lowest BCUT2D eigenvalue weighted by Crippen LogP contribution is -2.44. The van der Waals surface area contributed by atoms with Gasteiger partial charge in [-0.3, -0.25) is 4.79 Å². The average molecular weight is 523 g/mol. The Kier molecular flexibility index (Phi) is 10.7. The van der Waals surface area contributed by atoms with Gasteiger partial charge in [0.25, 0.3) is 0 Å². The van der Waals surface area contributed by atoms with Gasteiger partial charge in [-0.05, 0) is 60.9 Å². The number of unbranched alkanes of at least 4 members (excludes halogenated alkanes) is 1. The number of carbonyl (C=O) groups is 1. The van der Waals surface area contributed by atoms with Crippen molar-refractivity contribution in [1.29, 1.82) is 0 Å². The van der Waals surface area contributed by atoms with Gasteiger partial charge in [0.1, 0.15) is 0 Å². The molecule has 1 saturated carbocycles. The van der Waals surface area contributed by atoms with Gasteiger partial charge in [0.15, 0.2) is 8.32 Å². The van der Waals surface area contributed by atoms with Crippen molar-refractivity contribution in [3.63, 3.8) is 0 Å². The number of hydrogen-bond acceptors (Lipinski definition) is 4. The molecule has 4 nitrogen and oxygen atoms in total. The second-order valence-corrected chi connectivity index (χ2v) is 17.5. The summed E-state index contributed by atoms with van der Waals surface area (Å²) in [4.78, 5) is 11.3. The van der Waals surface area contributed by atoms with Crippen LogP contribution in [0.5, 0.6) is 0 Å². The number of hydrogen-bond donors (Lipinski definition) is 1. The standard InChI is InChI=1S/C29H47ClO4Si/c1-28(2,3)35(7,8)34-25-19-24(30)23(13-11-9-10-12-14-26(32)33-6)27(25)21-15-17-22(18-16-21)29(4,5)20-31/h9,11,15-18,23-25,27,31H,10,12-14,19-20H2,1-8H3/b11-9-/t23-,24+,25+,27?/m0/s1. The second kappa shape index (κ2) is 12.4. The zero-order valence-corrected chi connectivity index (χ0v) is 24.8. The molecule has 0 aromatic heterocycles. The largest absolute Gasteiger partial charge is 0.469 e. The van der Waals surface area contributed by atoms with Crippen LogP contribution >= 0.6 is 11.6 Å². The van der Waals surface area contributed by atoms with Crippen LogP contribution in [0.3, 0.4) is 0 Å². The number of rotatable bonds is 11. The van der Waals surface area contributed by atoms with Crippen molar-refractivity contribution in [2.75, 3.05) is 13.7 Å². The van der Waals surface area contributed by atoms with Gasteiger partial charge in [-0.25, -0.2) is 0 Å². The Morgan fingerprint density at radius 1 is 1.14 bits per heavy atom. The SMILES string of the molecule is COC(=O)CCC/C=C\C[C@@H]1C(c2ccc(C(C)(C)CO)cc2)[C@H](O[Si](C)(C)C(C)(C)C)C[C@H]1Cl. The summed E-state index contributed by atoms with van der Waals surface area (Å²) in [6.45, 7) is 15.7. The first-order chi connectivity index (χ1) is 16.2. The summed E-state index contributed by atoms with van der Waals surface area (Å²) in [7, 11) is -0.538. The van der Waals surface area contributed by atoms with Crippen molar-refractivity contribution in [2.24, 2.45) is 5.92 Å². The zero-order valence-electron chi connectivity index (χ0n) is 23.1. The molecule has 4 atom stereocenters. The number of benzene rings is 1. The van der Waals surface area contributed by atoms with Gasteiger partial charge < -0.3 is 14.3 Å². The molecule has 1 N–H and O–H groups in total. The lowest BCUT2D eigenvalue weighted by molar-refractivity contribution is -0.140. The van der Waals surface area contributed by atoms with E-state index in [2.05, 4.69) is 84.1 Å². The molecule has 35 heavy (non-hydrogen) atoms. The van der Waals surface area contributed by atoms with E-state index in [1.807, 2.05) is 0 Å². The van der Waals surface area contributed by atoms with E-state index in [9.17, 15) is 9.90 Å². The molecule has 198 valence electrons. The number of aliphatic hydroxyl groups is 1. The Balaban J connectivity index is 2.26. The Bertz CT molecular complexity index is 841. The molecule has 1 fully saturated rings. The summed E-state index contributed by atoms with van der Waals surface area (Å²) in [6.07, 6.45) is 8.31. The first-order valence-corrected chi connectivity index (χ1v) is 16.3. The van der Waals surface area contributed by atoms with Crippen molar-refractivity contribution < 1.29 is 19.1 Å². The Morgan fingerprint density at radius 3 is 2.31 bits per heavy atom. The molecule has 0 radical (unpaired) electrons. The Hall–Kier alpha value is -1.14. The number of methoxy groups -OCH3 is 1. The summed E-state index contributed by atoms with van der Waals surface area (Å²) in [5.41, 5.74) is 2.12. The molecule has 1 aromatic rings. The van der Waals surface area contributed by atoms with E-state index in [1.54, 1.807) is 0 Å². The quantitative estimate of drug-likeness (QED) is 0.108. The zero-order chi connectivity index (χ0) is 26.4. The van der Waals surface area contributed by atoms with Crippen LogP contribution in [-0.2, 0) is 19.4 Å². The van der Waals surface area contributed by atoms with Crippen molar-refractivity contribution >= 4 is 25.9 Å². The van der Waals surface area contributed by atoms with Gasteiger partial charge in [-0.15, -0.1) is 11.6 Å². The van der Waals surface area contributed by atoms with Crippen molar-refractivity contribution in [3.05, 3.63) is 47.5 Å². The van der Waals surface area contributed by atoms with Gasteiger partial charge in [0.2, 0.25) is 0 Å². The molecule has 2 rings (SSSR count). The van der Waals surface area contributed by atoms with E-state index < -0.39 is 8.32 Å². The van der Waals surface area contributed by atoms with Crippen molar-refractivity contribution in [3.8, 4) is 0 Å². The molecule has 0 amide bonds. The number of alkyl halides is 1. The van der Waals surface area contributed by atoms with Crippen LogP contribution in [0.2, 0.25) is 18.1 Å². The lowest BCUT2D eigenvalue weighted by atomic mass is 9.81. The fourth-order valence-electron chi connectivity index (χ4n) is 4.56. The minimum Gasteiger partial charge on any atom is -0.469 e.